The molecule has 1 amide bonds. The Morgan fingerprint density at radius 1 is 1.24 bits per heavy atom. The molecular weight excluding hydrogens is 421 g/mol. The van der Waals surface area contributed by atoms with E-state index in [-0.39, 0.29) is 11.7 Å². The van der Waals surface area contributed by atoms with Gasteiger partial charge in [0.2, 0.25) is 0 Å². The smallest absolute Gasteiger partial charge is 0.252 e. The van der Waals surface area contributed by atoms with Crippen LogP contribution in [0.4, 0.5) is 4.39 Å². The van der Waals surface area contributed by atoms with Gasteiger partial charge in [-0.25, -0.2) is 9.37 Å². The maximum Gasteiger partial charge on any atom is 0.252 e. The number of aromatic nitrogens is 2. The second-order valence-corrected chi connectivity index (χ2v) is 8.43. The lowest BCUT2D eigenvalue weighted by Gasteiger charge is -2.27. The number of carbonyl (C=O) groups excluding carboxylic acids is 1. The van der Waals surface area contributed by atoms with Crippen LogP contribution in [0.2, 0.25) is 0 Å². The van der Waals surface area contributed by atoms with Crippen LogP contribution in [-0.2, 0) is 22.5 Å². The number of amides is 1. The molecule has 3 aromatic rings. The Balaban J connectivity index is 1.37. The lowest BCUT2D eigenvalue weighted by atomic mass is 9.89. The van der Waals surface area contributed by atoms with Crippen molar-refractivity contribution >= 4 is 5.91 Å². The Hall–Kier alpha value is -3.19. The largest absolute Gasteiger partial charge is 0.496 e. The molecule has 0 radical (unpaired) electrons. The van der Waals surface area contributed by atoms with Gasteiger partial charge in [0, 0.05) is 44.1 Å². The zero-order valence-corrected chi connectivity index (χ0v) is 18.9. The van der Waals surface area contributed by atoms with E-state index in [4.69, 9.17) is 9.47 Å². The Bertz CT molecular complexity index is 1050. The average Bonchev–Trinajstić information content (AvgIpc) is 3.52. The number of rotatable bonds is 10. The predicted molar refractivity (Wildman–Crippen MR) is 124 cm³/mol. The number of methoxy groups -OCH3 is 1. The molecule has 1 saturated heterocycles. The van der Waals surface area contributed by atoms with E-state index in [2.05, 4.69) is 10.3 Å². The molecule has 2 heterocycles. The van der Waals surface area contributed by atoms with Gasteiger partial charge in [-0.1, -0.05) is 24.3 Å². The normalized spacial score (nSPS) is 17.8. The van der Waals surface area contributed by atoms with Crippen molar-refractivity contribution in [1.82, 2.24) is 14.9 Å². The standard InChI is InChI=1S/C26H30FN3O3/c1-32-24-10-9-22(27)17-23(24)21-7-5-20(6-8-21)18-26(11-4-16-33-26)25(31)29-12-2-3-14-30-15-13-28-19-30/h5-10,13,15,17,19H,2-4,11-12,14,16,18H2,1H3,(H,29,31)/t26-/m1/s1. The van der Waals surface area contributed by atoms with Crippen LogP contribution in [-0.4, -0.2) is 41.3 Å². The Labute approximate surface area is 193 Å². The van der Waals surface area contributed by atoms with E-state index in [0.717, 1.165) is 36.9 Å². The number of nitrogens with zero attached hydrogens (tertiary/aromatic N) is 2. The topological polar surface area (TPSA) is 65.4 Å². The number of imidazole rings is 1. The minimum absolute atomic E-state index is 0.0430. The first-order chi connectivity index (χ1) is 16.1. The quantitative estimate of drug-likeness (QED) is 0.465. The van der Waals surface area contributed by atoms with Crippen molar-refractivity contribution in [2.45, 2.75) is 44.2 Å². The molecule has 33 heavy (non-hydrogen) atoms. The summed E-state index contributed by atoms with van der Waals surface area (Å²) in [6, 6.07) is 12.3. The highest BCUT2D eigenvalue weighted by atomic mass is 19.1. The number of carbonyl (C=O) groups is 1. The van der Waals surface area contributed by atoms with Crippen molar-refractivity contribution < 1.29 is 18.7 Å². The second-order valence-electron chi connectivity index (χ2n) is 8.43. The number of hydrogen-bond acceptors (Lipinski definition) is 4. The van der Waals surface area contributed by atoms with Gasteiger partial charge in [-0.05, 0) is 55.0 Å². The van der Waals surface area contributed by atoms with Gasteiger partial charge in [-0.3, -0.25) is 4.79 Å². The first-order valence-electron chi connectivity index (χ1n) is 11.4. The van der Waals surface area contributed by atoms with Crippen LogP contribution in [0.5, 0.6) is 5.75 Å². The minimum Gasteiger partial charge on any atom is -0.496 e. The average molecular weight is 452 g/mol. The molecule has 1 atom stereocenters. The molecule has 4 rings (SSSR count). The summed E-state index contributed by atoms with van der Waals surface area (Å²) >= 11 is 0. The molecule has 0 bridgehead atoms. The van der Waals surface area contributed by atoms with E-state index in [1.54, 1.807) is 25.7 Å². The molecule has 2 aromatic carbocycles. The number of hydrogen-bond donors (Lipinski definition) is 1. The molecule has 1 aliphatic rings. The van der Waals surface area contributed by atoms with Crippen LogP contribution in [0.1, 0.15) is 31.2 Å². The molecule has 6 nitrogen and oxygen atoms in total. The lowest BCUT2D eigenvalue weighted by molar-refractivity contribution is -0.141. The first kappa shape index (κ1) is 23.0. The zero-order chi connectivity index (χ0) is 23.1. The summed E-state index contributed by atoms with van der Waals surface area (Å²) in [5, 5.41) is 3.08. The highest BCUT2D eigenvalue weighted by molar-refractivity contribution is 5.86. The van der Waals surface area contributed by atoms with E-state index in [1.165, 1.54) is 12.1 Å². The molecule has 0 spiro atoms. The fourth-order valence-corrected chi connectivity index (χ4v) is 4.34. The van der Waals surface area contributed by atoms with Crippen LogP contribution in [0, 0.1) is 5.82 Å². The monoisotopic (exact) mass is 451 g/mol. The van der Waals surface area contributed by atoms with E-state index in [9.17, 15) is 9.18 Å². The van der Waals surface area contributed by atoms with Crippen molar-refractivity contribution in [3.05, 3.63) is 72.6 Å². The molecule has 174 valence electrons. The van der Waals surface area contributed by atoms with Crippen molar-refractivity contribution in [2.75, 3.05) is 20.3 Å². The number of halogens is 1. The third-order valence-electron chi connectivity index (χ3n) is 6.12. The molecule has 0 aliphatic carbocycles. The Morgan fingerprint density at radius 3 is 2.79 bits per heavy atom. The predicted octanol–water partition coefficient (Wildman–Crippen LogP) is 4.39. The fourth-order valence-electron chi connectivity index (χ4n) is 4.34. The molecule has 0 saturated carbocycles. The van der Waals surface area contributed by atoms with Gasteiger partial charge < -0.3 is 19.4 Å². The zero-order valence-electron chi connectivity index (χ0n) is 18.9. The SMILES string of the molecule is COc1ccc(F)cc1-c1ccc(C[C@@]2(C(=O)NCCCCn3ccnc3)CCCO2)cc1. The highest BCUT2D eigenvalue weighted by Gasteiger charge is 2.42. The fraction of sp³-hybridized carbons (Fsp3) is 0.385. The first-order valence-corrected chi connectivity index (χ1v) is 11.4. The van der Waals surface area contributed by atoms with Gasteiger partial charge in [0.05, 0.1) is 13.4 Å². The van der Waals surface area contributed by atoms with Gasteiger partial charge in [-0.15, -0.1) is 0 Å². The van der Waals surface area contributed by atoms with Crippen LogP contribution in [0.3, 0.4) is 0 Å². The van der Waals surface area contributed by atoms with Gasteiger partial charge in [0.1, 0.15) is 11.6 Å². The number of aryl methyl sites for hydroxylation is 1. The molecule has 0 unspecified atom stereocenters. The molecule has 7 heteroatoms. The van der Waals surface area contributed by atoms with Crippen LogP contribution < -0.4 is 10.1 Å². The molecule has 1 aliphatic heterocycles. The summed E-state index contributed by atoms with van der Waals surface area (Å²) in [5.74, 6) is 0.264. The van der Waals surface area contributed by atoms with Crippen LogP contribution in [0.25, 0.3) is 11.1 Å². The van der Waals surface area contributed by atoms with Gasteiger partial charge in [-0.2, -0.15) is 0 Å². The summed E-state index contributed by atoms with van der Waals surface area (Å²) in [5.41, 5.74) is 1.73. The summed E-state index contributed by atoms with van der Waals surface area (Å²) in [6.07, 6.45) is 9.45. The number of benzene rings is 2. The van der Waals surface area contributed by atoms with Gasteiger partial charge in [0.25, 0.3) is 5.91 Å². The summed E-state index contributed by atoms with van der Waals surface area (Å²) in [7, 11) is 1.57. The molecule has 1 aromatic heterocycles. The number of nitrogens with one attached hydrogen (secondary N) is 1. The van der Waals surface area contributed by atoms with Crippen molar-refractivity contribution in [3.63, 3.8) is 0 Å². The molecule has 1 fully saturated rings. The summed E-state index contributed by atoms with van der Waals surface area (Å²) in [4.78, 5) is 17.1. The van der Waals surface area contributed by atoms with Crippen molar-refractivity contribution in [2.24, 2.45) is 0 Å². The Kier molecular flexibility index (Phi) is 7.40. The number of unbranched alkanes of at least 4 members (excludes halogenated alkanes) is 1. The van der Waals surface area contributed by atoms with Gasteiger partial charge in [0.15, 0.2) is 5.60 Å². The van der Waals surface area contributed by atoms with E-state index >= 15 is 0 Å². The second kappa shape index (κ2) is 10.6. The van der Waals surface area contributed by atoms with Crippen molar-refractivity contribution in [1.29, 1.82) is 0 Å². The number of ether oxygens (including phenoxy) is 2. The maximum absolute atomic E-state index is 13.8. The van der Waals surface area contributed by atoms with Crippen molar-refractivity contribution in [3.8, 4) is 16.9 Å². The Morgan fingerprint density at radius 2 is 2.09 bits per heavy atom. The van der Waals surface area contributed by atoms with E-state index in [0.29, 0.717) is 37.3 Å². The van der Waals surface area contributed by atoms with Crippen LogP contribution >= 0.6 is 0 Å². The summed E-state index contributed by atoms with van der Waals surface area (Å²) < 4.78 is 27.2. The third kappa shape index (κ3) is 5.60. The lowest BCUT2D eigenvalue weighted by Crippen LogP contribution is -2.48. The van der Waals surface area contributed by atoms with Crippen LogP contribution in [0.15, 0.2) is 61.2 Å². The minimum atomic E-state index is -0.831. The van der Waals surface area contributed by atoms with E-state index < -0.39 is 5.60 Å². The molecular formula is C26H30FN3O3. The summed E-state index contributed by atoms with van der Waals surface area (Å²) in [6.45, 7) is 2.10. The highest BCUT2D eigenvalue weighted by Crippen LogP contribution is 2.33. The maximum atomic E-state index is 13.8. The molecule has 1 N–H and O–H groups in total. The van der Waals surface area contributed by atoms with Gasteiger partial charge >= 0.3 is 0 Å². The third-order valence-corrected chi connectivity index (χ3v) is 6.12. The van der Waals surface area contributed by atoms with E-state index in [1.807, 2.05) is 35.0 Å².